The summed E-state index contributed by atoms with van der Waals surface area (Å²) in [5.74, 6) is 0.0901. The standard InChI is InChI=1S/C14H18N2O2S/c1-16(2)19(17,18)10-9-15-14-8-7-12-5-3-4-6-13(12)11-14/h3-8,11,15H,9-10H2,1-2H3. The first-order valence-corrected chi connectivity index (χ1v) is 7.73. The fourth-order valence-electron chi connectivity index (χ4n) is 1.81. The molecule has 19 heavy (non-hydrogen) atoms. The molecule has 0 aromatic heterocycles. The van der Waals surface area contributed by atoms with E-state index in [9.17, 15) is 8.42 Å². The van der Waals surface area contributed by atoms with Crippen molar-refractivity contribution < 1.29 is 8.42 Å². The van der Waals surface area contributed by atoms with Gasteiger partial charge in [0, 0.05) is 26.3 Å². The van der Waals surface area contributed by atoms with Gasteiger partial charge in [-0.05, 0) is 22.9 Å². The van der Waals surface area contributed by atoms with Crippen LogP contribution in [0.1, 0.15) is 0 Å². The van der Waals surface area contributed by atoms with Crippen LogP contribution >= 0.6 is 0 Å². The molecular formula is C14H18N2O2S. The smallest absolute Gasteiger partial charge is 0.215 e. The molecule has 102 valence electrons. The minimum Gasteiger partial charge on any atom is -0.384 e. The molecule has 0 bridgehead atoms. The molecule has 0 aliphatic rings. The molecule has 0 atom stereocenters. The number of sulfonamides is 1. The van der Waals surface area contributed by atoms with Gasteiger partial charge in [-0.3, -0.25) is 0 Å². The number of nitrogens with zero attached hydrogens (tertiary/aromatic N) is 1. The van der Waals surface area contributed by atoms with E-state index in [2.05, 4.69) is 11.4 Å². The summed E-state index contributed by atoms with van der Waals surface area (Å²) in [4.78, 5) is 0. The maximum Gasteiger partial charge on any atom is 0.215 e. The number of benzene rings is 2. The van der Waals surface area contributed by atoms with Crippen molar-refractivity contribution in [3.8, 4) is 0 Å². The lowest BCUT2D eigenvalue weighted by Crippen LogP contribution is -2.28. The SMILES string of the molecule is CN(C)S(=O)(=O)CCNc1ccc2ccccc2c1. The predicted molar refractivity (Wildman–Crippen MR) is 79.9 cm³/mol. The first-order chi connectivity index (χ1) is 8.99. The van der Waals surface area contributed by atoms with Gasteiger partial charge in [0.25, 0.3) is 0 Å². The molecule has 0 saturated heterocycles. The summed E-state index contributed by atoms with van der Waals surface area (Å²) < 4.78 is 24.5. The Hall–Kier alpha value is -1.59. The van der Waals surface area contributed by atoms with E-state index < -0.39 is 10.0 Å². The highest BCUT2D eigenvalue weighted by Crippen LogP contribution is 2.18. The molecule has 0 aliphatic carbocycles. The Morgan fingerprint density at radius 1 is 1.05 bits per heavy atom. The summed E-state index contributed by atoms with van der Waals surface area (Å²) in [7, 11) is -0.0460. The number of hydrogen-bond acceptors (Lipinski definition) is 3. The molecule has 0 spiro atoms. The second kappa shape index (κ2) is 5.59. The van der Waals surface area contributed by atoms with Crippen LogP contribution in [0.2, 0.25) is 0 Å². The average Bonchev–Trinajstić information content (AvgIpc) is 2.38. The van der Waals surface area contributed by atoms with Crippen LogP contribution in [0.3, 0.4) is 0 Å². The second-order valence-electron chi connectivity index (χ2n) is 4.59. The van der Waals surface area contributed by atoms with Crippen molar-refractivity contribution in [2.24, 2.45) is 0 Å². The molecule has 2 aromatic carbocycles. The Morgan fingerprint density at radius 2 is 1.74 bits per heavy atom. The number of hydrogen-bond donors (Lipinski definition) is 1. The van der Waals surface area contributed by atoms with Crippen molar-refractivity contribution in [2.45, 2.75) is 0 Å². The molecule has 2 rings (SSSR count). The predicted octanol–water partition coefficient (Wildman–Crippen LogP) is 2.14. The van der Waals surface area contributed by atoms with Gasteiger partial charge < -0.3 is 5.32 Å². The third kappa shape index (κ3) is 3.45. The fraction of sp³-hybridized carbons (Fsp3) is 0.286. The van der Waals surface area contributed by atoms with Crippen molar-refractivity contribution >= 4 is 26.5 Å². The zero-order valence-electron chi connectivity index (χ0n) is 11.1. The summed E-state index contributed by atoms with van der Waals surface area (Å²) in [6.07, 6.45) is 0. The monoisotopic (exact) mass is 278 g/mol. The Kier molecular flexibility index (Phi) is 4.07. The molecule has 0 aliphatic heterocycles. The van der Waals surface area contributed by atoms with E-state index in [1.54, 1.807) is 14.1 Å². The normalized spacial score (nSPS) is 11.9. The van der Waals surface area contributed by atoms with Gasteiger partial charge in [0.15, 0.2) is 0 Å². The van der Waals surface area contributed by atoms with Gasteiger partial charge in [-0.2, -0.15) is 0 Å². The molecule has 0 fully saturated rings. The quantitative estimate of drug-likeness (QED) is 0.911. The van der Waals surface area contributed by atoms with E-state index in [-0.39, 0.29) is 5.75 Å². The molecule has 0 saturated carbocycles. The zero-order valence-corrected chi connectivity index (χ0v) is 11.9. The molecule has 4 nitrogen and oxygen atoms in total. The van der Waals surface area contributed by atoms with Crippen LogP contribution in [-0.4, -0.2) is 39.1 Å². The lowest BCUT2D eigenvalue weighted by atomic mass is 10.1. The van der Waals surface area contributed by atoms with Gasteiger partial charge in [-0.1, -0.05) is 30.3 Å². The Morgan fingerprint density at radius 3 is 2.42 bits per heavy atom. The molecule has 5 heteroatoms. The van der Waals surface area contributed by atoms with Gasteiger partial charge >= 0.3 is 0 Å². The van der Waals surface area contributed by atoms with Crippen LogP contribution < -0.4 is 5.32 Å². The molecule has 0 amide bonds. The molecule has 2 aromatic rings. The Balaban J connectivity index is 2.03. The van der Waals surface area contributed by atoms with Gasteiger partial charge in [0.05, 0.1) is 5.75 Å². The van der Waals surface area contributed by atoms with Gasteiger partial charge in [-0.15, -0.1) is 0 Å². The topological polar surface area (TPSA) is 49.4 Å². The molecule has 1 N–H and O–H groups in total. The molecule has 0 heterocycles. The highest BCUT2D eigenvalue weighted by molar-refractivity contribution is 7.89. The molecular weight excluding hydrogens is 260 g/mol. The van der Waals surface area contributed by atoms with Gasteiger partial charge in [-0.25, -0.2) is 12.7 Å². The highest BCUT2D eigenvalue weighted by atomic mass is 32.2. The minimum atomic E-state index is -3.14. The van der Waals surface area contributed by atoms with Crippen LogP contribution in [0.5, 0.6) is 0 Å². The first-order valence-electron chi connectivity index (χ1n) is 6.12. The number of rotatable bonds is 5. The summed E-state index contributed by atoms with van der Waals surface area (Å²) in [5, 5.41) is 5.46. The van der Waals surface area contributed by atoms with E-state index in [1.807, 2.05) is 36.4 Å². The van der Waals surface area contributed by atoms with E-state index in [0.29, 0.717) is 6.54 Å². The van der Waals surface area contributed by atoms with E-state index in [4.69, 9.17) is 0 Å². The van der Waals surface area contributed by atoms with Crippen LogP contribution in [-0.2, 0) is 10.0 Å². The third-order valence-corrected chi connectivity index (χ3v) is 4.83. The zero-order chi connectivity index (χ0) is 13.9. The van der Waals surface area contributed by atoms with Crippen LogP contribution in [0, 0.1) is 0 Å². The summed E-state index contributed by atoms with van der Waals surface area (Å²) in [5.41, 5.74) is 0.938. The highest BCUT2D eigenvalue weighted by Gasteiger charge is 2.12. The summed E-state index contributed by atoms with van der Waals surface area (Å²) >= 11 is 0. The van der Waals surface area contributed by atoms with E-state index >= 15 is 0 Å². The largest absolute Gasteiger partial charge is 0.384 e. The Bertz CT molecular complexity index is 666. The summed E-state index contributed by atoms with van der Waals surface area (Å²) in [6.45, 7) is 0.402. The average molecular weight is 278 g/mol. The van der Waals surface area contributed by atoms with E-state index in [1.165, 1.54) is 9.69 Å². The van der Waals surface area contributed by atoms with Crippen LogP contribution in [0.4, 0.5) is 5.69 Å². The first kappa shape index (κ1) is 13.8. The lowest BCUT2D eigenvalue weighted by molar-refractivity contribution is 0.521. The van der Waals surface area contributed by atoms with Crippen LogP contribution in [0.25, 0.3) is 10.8 Å². The van der Waals surface area contributed by atoms with Gasteiger partial charge in [0.2, 0.25) is 10.0 Å². The number of anilines is 1. The molecule has 0 radical (unpaired) electrons. The maximum atomic E-state index is 11.6. The summed E-state index contributed by atoms with van der Waals surface area (Å²) in [6, 6.07) is 14.1. The Labute approximate surface area is 114 Å². The van der Waals surface area contributed by atoms with Crippen molar-refractivity contribution in [2.75, 3.05) is 31.7 Å². The van der Waals surface area contributed by atoms with Crippen molar-refractivity contribution in [3.05, 3.63) is 42.5 Å². The van der Waals surface area contributed by atoms with Gasteiger partial charge in [0.1, 0.15) is 0 Å². The van der Waals surface area contributed by atoms with E-state index in [0.717, 1.165) is 11.1 Å². The fourth-order valence-corrected chi connectivity index (χ4v) is 2.53. The molecule has 0 unspecified atom stereocenters. The van der Waals surface area contributed by atoms with Crippen molar-refractivity contribution in [1.29, 1.82) is 0 Å². The van der Waals surface area contributed by atoms with Crippen molar-refractivity contribution in [1.82, 2.24) is 4.31 Å². The minimum absolute atomic E-state index is 0.0901. The number of nitrogens with one attached hydrogen (secondary N) is 1. The third-order valence-electron chi connectivity index (χ3n) is 2.99. The second-order valence-corrected chi connectivity index (χ2v) is 6.89. The van der Waals surface area contributed by atoms with Crippen molar-refractivity contribution in [3.63, 3.8) is 0 Å². The van der Waals surface area contributed by atoms with Crippen LogP contribution in [0.15, 0.2) is 42.5 Å². The number of fused-ring (bicyclic) bond motifs is 1. The maximum absolute atomic E-state index is 11.6. The lowest BCUT2D eigenvalue weighted by Gasteiger charge is -2.12.